The Morgan fingerprint density at radius 3 is 2.10 bits per heavy atom. The van der Waals surface area contributed by atoms with Crippen LogP contribution < -0.4 is 4.24 Å². The van der Waals surface area contributed by atoms with Gasteiger partial charge in [0.15, 0.2) is 0 Å². The molecule has 0 aliphatic heterocycles. The summed E-state index contributed by atoms with van der Waals surface area (Å²) in [5, 5.41) is 6.89. The summed E-state index contributed by atoms with van der Waals surface area (Å²) in [6.07, 6.45) is 3.57. The maximum absolute atomic E-state index is 8.36. The Balaban J connectivity index is 0.000000236. The summed E-state index contributed by atoms with van der Waals surface area (Å²) in [6.45, 7) is -0.250. The molecule has 0 saturated heterocycles. The molecule has 48 valence electrons. The molecule has 0 atom stereocenters. The van der Waals surface area contributed by atoms with Crippen molar-refractivity contribution in [2.75, 3.05) is 0 Å². The molecule has 0 amide bonds. The van der Waals surface area contributed by atoms with Gasteiger partial charge in [-0.2, -0.15) is 0 Å². The normalized spacial score (nSPS) is 7.40. The van der Waals surface area contributed by atoms with Gasteiger partial charge in [0.1, 0.15) is 0 Å². The summed E-state index contributed by atoms with van der Waals surface area (Å²) in [6, 6.07) is 3.94. The van der Waals surface area contributed by atoms with Crippen molar-refractivity contribution in [3.63, 3.8) is 0 Å². The van der Waals surface area contributed by atoms with E-state index in [1.807, 2.05) is 29.8 Å². The summed E-state index contributed by atoms with van der Waals surface area (Å²) in [5.41, 5.74) is 0. The molecule has 0 bridgehead atoms. The van der Waals surface area contributed by atoms with Crippen molar-refractivity contribution in [2.45, 2.75) is 0 Å². The first-order chi connectivity index (χ1) is 4.81. The number of nitrogens with zero attached hydrogens (tertiary/aromatic N) is 1. The van der Waals surface area contributed by atoms with Gasteiger partial charge in [0.25, 0.3) is 6.47 Å². The SMILES string of the molecule is O=CO.[Li][c]1ccncc1. The molecule has 0 fully saturated rings. The molecule has 0 saturated carbocycles. The fraction of sp³-hybridized carbons (Fsp3) is 0. The second-order valence-electron chi connectivity index (χ2n) is 1.63. The van der Waals surface area contributed by atoms with E-state index in [9.17, 15) is 0 Å². The third kappa shape index (κ3) is 5.36. The molecule has 3 nitrogen and oxygen atoms in total. The van der Waals surface area contributed by atoms with Gasteiger partial charge in [0.2, 0.25) is 0 Å². The van der Waals surface area contributed by atoms with E-state index in [0.29, 0.717) is 0 Å². The van der Waals surface area contributed by atoms with Crippen LogP contribution in [0.4, 0.5) is 0 Å². The topological polar surface area (TPSA) is 50.2 Å². The molecule has 1 aromatic rings. The average molecular weight is 131 g/mol. The molecule has 4 heteroatoms. The van der Waals surface area contributed by atoms with E-state index >= 15 is 0 Å². The van der Waals surface area contributed by atoms with Crippen LogP contribution in [0.2, 0.25) is 0 Å². The van der Waals surface area contributed by atoms with E-state index in [-0.39, 0.29) is 6.47 Å². The molecule has 1 rings (SSSR count). The second-order valence-corrected chi connectivity index (χ2v) is 1.63. The molecule has 1 aromatic heterocycles. The molecule has 0 radical (unpaired) electrons. The Morgan fingerprint density at radius 1 is 1.50 bits per heavy atom. The average Bonchev–Trinajstić information content (AvgIpc) is 1.91. The van der Waals surface area contributed by atoms with Gasteiger partial charge in [-0.15, -0.1) is 0 Å². The number of hydrogen-bond donors (Lipinski definition) is 1. The zero-order chi connectivity index (χ0) is 7.82. The third-order valence-electron chi connectivity index (χ3n) is 0.847. The Labute approximate surface area is 68.3 Å². The molecule has 0 spiro atoms. The van der Waals surface area contributed by atoms with Gasteiger partial charge in [0, 0.05) is 0 Å². The maximum atomic E-state index is 8.36. The fourth-order valence-corrected chi connectivity index (χ4v) is 0.426. The van der Waals surface area contributed by atoms with Gasteiger partial charge in [-0.05, 0) is 0 Å². The quantitative estimate of drug-likeness (QED) is 0.384. The Morgan fingerprint density at radius 2 is 1.90 bits per heavy atom. The van der Waals surface area contributed by atoms with Crippen LogP contribution in [-0.4, -0.2) is 34.3 Å². The van der Waals surface area contributed by atoms with Gasteiger partial charge in [-0.25, -0.2) is 0 Å². The van der Waals surface area contributed by atoms with Crippen LogP contribution in [0.25, 0.3) is 0 Å². The van der Waals surface area contributed by atoms with Crippen molar-refractivity contribution in [1.82, 2.24) is 4.98 Å². The van der Waals surface area contributed by atoms with Crippen LogP contribution in [0.3, 0.4) is 0 Å². The van der Waals surface area contributed by atoms with Gasteiger partial charge >= 0.3 is 51.5 Å². The summed E-state index contributed by atoms with van der Waals surface area (Å²) >= 11 is 2.04. The van der Waals surface area contributed by atoms with E-state index < -0.39 is 0 Å². The number of pyridine rings is 1. The first kappa shape index (κ1) is 9.22. The number of rotatable bonds is 0. The van der Waals surface area contributed by atoms with Crippen molar-refractivity contribution in [3.8, 4) is 0 Å². The predicted octanol–water partition coefficient (Wildman–Crippen LogP) is -0.424. The van der Waals surface area contributed by atoms with Crippen LogP contribution in [0.5, 0.6) is 0 Å². The van der Waals surface area contributed by atoms with Crippen molar-refractivity contribution in [1.29, 1.82) is 0 Å². The molecule has 0 unspecified atom stereocenters. The zero-order valence-electron chi connectivity index (χ0n) is 5.69. The van der Waals surface area contributed by atoms with Gasteiger partial charge in [-0.1, -0.05) is 0 Å². The van der Waals surface area contributed by atoms with E-state index in [1.165, 1.54) is 4.24 Å². The molecule has 0 aromatic carbocycles. The Bertz CT molecular complexity index is 178. The van der Waals surface area contributed by atoms with E-state index in [0.717, 1.165) is 0 Å². The van der Waals surface area contributed by atoms with Crippen molar-refractivity contribution < 1.29 is 9.90 Å². The van der Waals surface area contributed by atoms with Crippen LogP contribution >= 0.6 is 0 Å². The number of carboxylic acid groups (broad SMARTS) is 1. The fourth-order valence-electron chi connectivity index (χ4n) is 0.426. The Hall–Kier alpha value is -0.783. The minimum atomic E-state index is -0.250. The molecular formula is C6H6LiNO2. The minimum absolute atomic E-state index is 0.250. The summed E-state index contributed by atoms with van der Waals surface area (Å²) in [4.78, 5) is 12.2. The van der Waals surface area contributed by atoms with Crippen LogP contribution in [0.1, 0.15) is 0 Å². The van der Waals surface area contributed by atoms with Crippen LogP contribution in [-0.2, 0) is 4.79 Å². The van der Waals surface area contributed by atoms with E-state index in [1.54, 1.807) is 12.4 Å². The number of carbonyl (C=O) groups is 1. The van der Waals surface area contributed by atoms with E-state index in [4.69, 9.17) is 9.90 Å². The molecule has 1 heterocycles. The molecular weight excluding hydrogens is 125 g/mol. The monoisotopic (exact) mass is 131 g/mol. The first-order valence-electron chi connectivity index (χ1n) is 2.75. The standard InChI is InChI=1S/C5H4N.CH2O2.Li/c1-2-4-6-5-3-1;2-1-3;/h2-5H;1H,(H,2,3);. The predicted molar refractivity (Wildman–Crippen MR) is 38.3 cm³/mol. The third-order valence-corrected chi connectivity index (χ3v) is 0.847. The number of aromatic nitrogens is 1. The molecule has 1 N–H and O–H groups in total. The van der Waals surface area contributed by atoms with Crippen molar-refractivity contribution >= 4 is 28.4 Å². The van der Waals surface area contributed by atoms with Crippen LogP contribution in [0.15, 0.2) is 24.5 Å². The molecule has 0 aliphatic rings. The van der Waals surface area contributed by atoms with Gasteiger partial charge < -0.3 is 5.11 Å². The van der Waals surface area contributed by atoms with Gasteiger partial charge in [0.05, 0.1) is 0 Å². The number of hydrogen-bond acceptors (Lipinski definition) is 2. The second kappa shape index (κ2) is 6.34. The zero-order valence-corrected chi connectivity index (χ0v) is 5.69. The van der Waals surface area contributed by atoms with Crippen molar-refractivity contribution in [3.05, 3.63) is 24.5 Å². The van der Waals surface area contributed by atoms with Crippen molar-refractivity contribution in [2.24, 2.45) is 0 Å². The van der Waals surface area contributed by atoms with Gasteiger partial charge in [-0.3, -0.25) is 4.79 Å². The first-order valence-corrected chi connectivity index (χ1v) is 2.75. The molecule has 0 aliphatic carbocycles. The molecule has 10 heavy (non-hydrogen) atoms. The Kier molecular flexibility index (Phi) is 5.84. The summed E-state index contributed by atoms with van der Waals surface area (Å²) in [5.74, 6) is 0. The summed E-state index contributed by atoms with van der Waals surface area (Å²) < 4.78 is 1.26. The summed E-state index contributed by atoms with van der Waals surface area (Å²) in [7, 11) is 0. The van der Waals surface area contributed by atoms with Crippen LogP contribution in [0, 0.1) is 0 Å². The van der Waals surface area contributed by atoms with E-state index in [2.05, 4.69) is 4.98 Å².